The van der Waals surface area contributed by atoms with E-state index in [1.807, 2.05) is 13.8 Å². The van der Waals surface area contributed by atoms with Gasteiger partial charge in [0, 0.05) is 20.1 Å². The molecule has 7 nitrogen and oxygen atoms in total. The van der Waals surface area contributed by atoms with E-state index in [4.69, 9.17) is 0 Å². The predicted octanol–water partition coefficient (Wildman–Crippen LogP) is 1.07. The van der Waals surface area contributed by atoms with Gasteiger partial charge in [-0.05, 0) is 13.8 Å². The lowest BCUT2D eigenvalue weighted by molar-refractivity contribution is -0.385. The molecule has 0 fully saturated rings. The van der Waals surface area contributed by atoms with E-state index in [1.54, 1.807) is 14.1 Å². The Balaban J connectivity index is 3.35. The van der Waals surface area contributed by atoms with Gasteiger partial charge in [0.15, 0.2) is 0 Å². The molecule has 0 aliphatic rings. The molecule has 0 unspecified atom stereocenters. The van der Waals surface area contributed by atoms with Gasteiger partial charge in [-0.15, -0.1) is 0 Å². The van der Waals surface area contributed by atoms with E-state index in [0.29, 0.717) is 0 Å². The third-order valence-electron chi connectivity index (χ3n) is 2.07. The van der Waals surface area contributed by atoms with Crippen LogP contribution < -0.4 is 0 Å². The number of rotatable bonds is 3. The zero-order valence-corrected chi connectivity index (χ0v) is 9.67. The third-order valence-corrected chi connectivity index (χ3v) is 2.07. The van der Waals surface area contributed by atoms with Crippen molar-refractivity contribution in [2.45, 2.75) is 19.9 Å². The summed E-state index contributed by atoms with van der Waals surface area (Å²) in [6.45, 7) is 3.62. The Labute approximate surface area is 92.8 Å². The molecule has 0 N–H and O–H groups in total. The highest BCUT2D eigenvalue weighted by atomic mass is 16.6. The number of hydrogen-bond donors (Lipinski definition) is 0. The Morgan fingerprint density at radius 3 is 2.50 bits per heavy atom. The molecule has 1 amide bonds. The van der Waals surface area contributed by atoms with Gasteiger partial charge in [0.1, 0.15) is 6.20 Å². The van der Waals surface area contributed by atoms with Crippen LogP contribution in [0.1, 0.15) is 30.4 Å². The van der Waals surface area contributed by atoms with Crippen molar-refractivity contribution in [2.75, 3.05) is 14.1 Å². The van der Waals surface area contributed by atoms with Crippen molar-refractivity contribution in [1.82, 2.24) is 14.7 Å². The maximum absolute atomic E-state index is 11.8. The predicted molar refractivity (Wildman–Crippen MR) is 57.3 cm³/mol. The summed E-state index contributed by atoms with van der Waals surface area (Å²) in [5.74, 6) is -0.419. The van der Waals surface area contributed by atoms with Crippen molar-refractivity contribution in [1.29, 1.82) is 0 Å². The minimum Gasteiger partial charge on any atom is -0.343 e. The largest absolute Gasteiger partial charge is 0.343 e. The van der Waals surface area contributed by atoms with Crippen molar-refractivity contribution in [2.24, 2.45) is 0 Å². The van der Waals surface area contributed by atoms with Gasteiger partial charge in [0.25, 0.3) is 5.91 Å². The van der Waals surface area contributed by atoms with Crippen LogP contribution in [-0.4, -0.2) is 39.6 Å². The molecule has 1 heterocycles. The van der Waals surface area contributed by atoms with E-state index < -0.39 is 10.8 Å². The summed E-state index contributed by atoms with van der Waals surface area (Å²) in [4.78, 5) is 23.3. The maximum atomic E-state index is 11.8. The Hall–Kier alpha value is -1.92. The Morgan fingerprint density at radius 1 is 1.56 bits per heavy atom. The van der Waals surface area contributed by atoms with E-state index in [2.05, 4.69) is 5.10 Å². The van der Waals surface area contributed by atoms with Crippen LogP contribution >= 0.6 is 0 Å². The molecule has 0 bridgehead atoms. The molecular formula is C9H14N4O3. The van der Waals surface area contributed by atoms with Crippen LogP contribution in [0.15, 0.2) is 6.20 Å². The molecule has 1 rings (SSSR count). The van der Waals surface area contributed by atoms with Gasteiger partial charge in [-0.3, -0.25) is 19.6 Å². The first-order valence-electron chi connectivity index (χ1n) is 4.79. The molecule has 88 valence electrons. The standard InChI is InChI=1S/C9H14N4O3/c1-6(2)12-8(9(14)11(3)4)7(5-10-12)13(15)16/h5-6H,1-4H3. The Kier molecular flexibility index (Phi) is 3.26. The van der Waals surface area contributed by atoms with E-state index in [-0.39, 0.29) is 17.4 Å². The van der Waals surface area contributed by atoms with Gasteiger partial charge in [-0.25, -0.2) is 0 Å². The number of nitrogens with zero attached hydrogens (tertiary/aromatic N) is 4. The van der Waals surface area contributed by atoms with Crippen molar-refractivity contribution in [3.8, 4) is 0 Å². The van der Waals surface area contributed by atoms with Crippen LogP contribution in [-0.2, 0) is 0 Å². The molecule has 0 saturated heterocycles. The minimum atomic E-state index is -0.595. The molecular weight excluding hydrogens is 212 g/mol. The zero-order chi connectivity index (χ0) is 12.5. The minimum absolute atomic E-state index is 0.0185. The second-order valence-corrected chi connectivity index (χ2v) is 3.87. The summed E-state index contributed by atoms with van der Waals surface area (Å²) >= 11 is 0. The number of carbonyl (C=O) groups is 1. The van der Waals surface area contributed by atoms with E-state index in [0.717, 1.165) is 6.20 Å². The fraction of sp³-hybridized carbons (Fsp3) is 0.556. The highest BCUT2D eigenvalue weighted by molar-refractivity contribution is 5.96. The summed E-state index contributed by atoms with van der Waals surface area (Å²) in [6, 6.07) is -0.104. The molecule has 1 aromatic heterocycles. The molecule has 16 heavy (non-hydrogen) atoms. The summed E-state index contributed by atoms with van der Waals surface area (Å²) in [6.07, 6.45) is 1.11. The van der Waals surface area contributed by atoms with Crippen molar-refractivity contribution >= 4 is 11.6 Å². The van der Waals surface area contributed by atoms with Gasteiger partial charge >= 0.3 is 5.69 Å². The number of hydrogen-bond acceptors (Lipinski definition) is 4. The normalized spacial score (nSPS) is 10.6. The molecule has 0 atom stereocenters. The van der Waals surface area contributed by atoms with Gasteiger partial charge in [-0.1, -0.05) is 0 Å². The van der Waals surface area contributed by atoms with Gasteiger partial charge < -0.3 is 4.90 Å². The molecule has 0 aliphatic heterocycles. The van der Waals surface area contributed by atoms with Crippen LogP contribution in [0.3, 0.4) is 0 Å². The number of nitro groups is 1. The molecule has 0 aromatic carbocycles. The van der Waals surface area contributed by atoms with Crippen LogP contribution in [0.5, 0.6) is 0 Å². The van der Waals surface area contributed by atoms with Crippen LogP contribution in [0.25, 0.3) is 0 Å². The lowest BCUT2D eigenvalue weighted by atomic mass is 10.3. The first kappa shape index (κ1) is 12.2. The Bertz CT molecular complexity index is 422. The fourth-order valence-corrected chi connectivity index (χ4v) is 1.30. The van der Waals surface area contributed by atoms with Crippen molar-refractivity contribution in [3.05, 3.63) is 22.0 Å². The third kappa shape index (κ3) is 2.02. The Morgan fingerprint density at radius 2 is 2.12 bits per heavy atom. The summed E-state index contributed by atoms with van der Waals surface area (Å²) in [7, 11) is 3.09. The summed E-state index contributed by atoms with van der Waals surface area (Å²) in [5.41, 5.74) is -0.239. The number of amides is 1. The average Bonchev–Trinajstić information content (AvgIpc) is 2.59. The average molecular weight is 226 g/mol. The SMILES string of the molecule is CC(C)n1ncc([N+](=O)[O-])c1C(=O)N(C)C. The highest BCUT2D eigenvalue weighted by Gasteiger charge is 2.28. The van der Waals surface area contributed by atoms with Crippen molar-refractivity contribution in [3.63, 3.8) is 0 Å². The molecule has 0 saturated carbocycles. The zero-order valence-electron chi connectivity index (χ0n) is 9.67. The highest BCUT2D eigenvalue weighted by Crippen LogP contribution is 2.21. The van der Waals surface area contributed by atoms with Crippen LogP contribution in [0.4, 0.5) is 5.69 Å². The fourth-order valence-electron chi connectivity index (χ4n) is 1.30. The lowest BCUT2D eigenvalue weighted by Gasteiger charge is -2.13. The van der Waals surface area contributed by atoms with E-state index in [9.17, 15) is 14.9 Å². The first-order valence-corrected chi connectivity index (χ1v) is 4.79. The summed E-state index contributed by atoms with van der Waals surface area (Å²) < 4.78 is 1.36. The molecule has 7 heteroatoms. The van der Waals surface area contributed by atoms with Gasteiger partial charge in [0.2, 0.25) is 5.69 Å². The van der Waals surface area contributed by atoms with Crippen molar-refractivity contribution < 1.29 is 9.72 Å². The molecule has 0 aliphatic carbocycles. The number of aromatic nitrogens is 2. The van der Waals surface area contributed by atoms with Crippen LogP contribution in [0.2, 0.25) is 0 Å². The van der Waals surface area contributed by atoms with Crippen LogP contribution in [0, 0.1) is 10.1 Å². The molecule has 1 aromatic rings. The molecule has 0 spiro atoms. The second-order valence-electron chi connectivity index (χ2n) is 3.87. The first-order chi connectivity index (χ1) is 7.36. The second kappa shape index (κ2) is 4.30. The summed E-state index contributed by atoms with van der Waals surface area (Å²) in [5, 5.41) is 14.6. The topological polar surface area (TPSA) is 81.3 Å². The van der Waals surface area contributed by atoms with E-state index in [1.165, 1.54) is 9.58 Å². The molecule has 0 radical (unpaired) electrons. The quantitative estimate of drug-likeness (QED) is 0.570. The van der Waals surface area contributed by atoms with Gasteiger partial charge in [0.05, 0.1) is 4.92 Å². The number of carbonyl (C=O) groups excluding carboxylic acids is 1. The lowest BCUT2D eigenvalue weighted by Crippen LogP contribution is -2.26. The van der Waals surface area contributed by atoms with E-state index >= 15 is 0 Å². The maximum Gasteiger partial charge on any atom is 0.320 e. The smallest absolute Gasteiger partial charge is 0.320 e. The van der Waals surface area contributed by atoms with Gasteiger partial charge in [-0.2, -0.15) is 5.10 Å². The monoisotopic (exact) mass is 226 g/mol.